The molecule has 1 N–H and O–H groups in total. The van der Waals surface area contributed by atoms with Crippen LogP contribution in [0.25, 0.3) is 0 Å². The van der Waals surface area contributed by atoms with E-state index in [9.17, 15) is 0 Å². The number of hydrogen-bond acceptors (Lipinski definition) is 5. The van der Waals surface area contributed by atoms with Crippen molar-refractivity contribution in [1.82, 2.24) is 15.5 Å². The molecule has 2 atom stereocenters. The molecule has 5 nitrogen and oxygen atoms in total. The molecule has 120 valence electrons. The highest BCUT2D eigenvalue weighted by Gasteiger charge is 2.38. The molecule has 0 aromatic carbocycles. The van der Waals surface area contributed by atoms with Crippen molar-refractivity contribution < 1.29 is 9.26 Å². The molecular weight excluding hydrogens is 266 g/mol. The minimum absolute atomic E-state index is 0.246. The summed E-state index contributed by atoms with van der Waals surface area (Å²) in [6, 6.07) is 0.316. The molecule has 1 saturated carbocycles. The minimum atomic E-state index is -0.348. The van der Waals surface area contributed by atoms with Crippen LogP contribution in [0.1, 0.15) is 76.4 Å². The molecule has 0 radical (unpaired) electrons. The smallest absolute Gasteiger partial charge is 0.231 e. The van der Waals surface area contributed by atoms with E-state index in [4.69, 9.17) is 14.2 Å². The molecule has 1 aromatic rings. The van der Waals surface area contributed by atoms with Crippen LogP contribution in [0.4, 0.5) is 0 Å². The summed E-state index contributed by atoms with van der Waals surface area (Å²) in [4.78, 5) is 4.72. The summed E-state index contributed by atoms with van der Waals surface area (Å²) in [5.41, 5.74) is -0.348. The first-order valence-corrected chi connectivity index (χ1v) is 8.23. The van der Waals surface area contributed by atoms with Gasteiger partial charge < -0.3 is 14.6 Å². The van der Waals surface area contributed by atoms with Gasteiger partial charge in [-0.15, -0.1) is 0 Å². The van der Waals surface area contributed by atoms with Crippen LogP contribution >= 0.6 is 0 Å². The lowest BCUT2D eigenvalue weighted by Gasteiger charge is -2.27. The molecule has 21 heavy (non-hydrogen) atoms. The van der Waals surface area contributed by atoms with E-state index in [-0.39, 0.29) is 11.5 Å². The minimum Gasteiger partial charge on any atom is -0.370 e. The Morgan fingerprint density at radius 2 is 1.95 bits per heavy atom. The van der Waals surface area contributed by atoms with Gasteiger partial charge in [0.15, 0.2) is 0 Å². The van der Waals surface area contributed by atoms with Crippen molar-refractivity contribution in [3.05, 3.63) is 11.7 Å². The number of hydrogen-bond donors (Lipinski definition) is 1. The zero-order valence-corrected chi connectivity index (χ0v) is 13.8. The third kappa shape index (κ3) is 3.46. The van der Waals surface area contributed by atoms with E-state index < -0.39 is 0 Å². The normalized spacial score (nSPS) is 21.7. The summed E-state index contributed by atoms with van der Waals surface area (Å²) in [7, 11) is 3.74. The van der Waals surface area contributed by atoms with Crippen LogP contribution in [-0.2, 0) is 10.3 Å². The lowest BCUT2D eigenvalue weighted by atomic mass is 9.93. The highest BCUT2D eigenvalue weighted by atomic mass is 16.5. The molecule has 5 heteroatoms. The van der Waals surface area contributed by atoms with Gasteiger partial charge in [-0.1, -0.05) is 37.8 Å². The molecule has 0 amide bonds. The highest BCUT2D eigenvalue weighted by Crippen LogP contribution is 2.38. The zero-order chi connectivity index (χ0) is 15.3. The Labute approximate surface area is 127 Å². The van der Waals surface area contributed by atoms with Crippen molar-refractivity contribution in [2.24, 2.45) is 0 Å². The Morgan fingerprint density at radius 1 is 1.29 bits per heavy atom. The number of nitrogens with one attached hydrogen (secondary N) is 1. The number of aromatic nitrogens is 2. The van der Waals surface area contributed by atoms with Crippen molar-refractivity contribution >= 4 is 0 Å². The average Bonchev–Trinajstić information content (AvgIpc) is 2.86. The van der Waals surface area contributed by atoms with Crippen molar-refractivity contribution in [2.75, 3.05) is 14.2 Å². The summed E-state index contributed by atoms with van der Waals surface area (Å²) in [5, 5.41) is 7.55. The molecule has 0 saturated heterocycles. The fourth-order valence-corrected chi connectivity index (χ4v) is 3.33. The number of methoxy groups -OCH3 is 1. The molecule has 0 aliphatic heterocycles. The van der Waals surface area contributed by atoms with Crippen LogP contribution in [-0.4, -0.2) is 30.3 Å². The fourth-order valence-electron chi connectivity index (χ4n) is 3.33. The van der Waals surface area contributed by atoms with Gasteiger partial charge in [-0.3, -0.25) is 0 Å². The van der Waals surface area contributed by atoms with Crippen molar-refractivity contribution in [3.63, 3.8) is 0 Å². The standard InChI is InChI=1S/C16H29N3O2/c1-5-13(12(2)17-3)14-18-15(19-21-14)16(20-4)10-8-6-7-9-11-16/h12-13,17H,5-11H2,1-4H3. The van der Waals surface area contributed by atoms with Gasteiger partial charge in [0.05, 0.1) is 5.92 Å². The van der Waals surface area contributed by atoms with Gasteiger partial charge in [-0.2, -0.15) is 4.98 Å². The first kappa shape index (κ1) is 16.4. The van der Waals surface area contributed by atoms with E-state index in [1.165, 1.54) is 25.7 Å². The van der Waals surface area contributed by atoms with Crippen molar-refractivity contribution in [3.8, 4) is 0 Å². The maximum atomic E-state index is 5.86. The third-order valence-electron chi connectivity index (χ3n) is 4.97. The number of nitrogens with zero attached hydrogens (tertiary/aromatic N) is 2. The fraction of sp³-hybridized carbons (Fsp3) is 0.875. The van der Waals surface area contributed by atoms with Crippen LogP contribution in [0, 0.1) is 0 Å². The topological polar surface area (TPSA) is 60.2 Å². The maximum Gasteiger partial charge on any atom is 0.231 e. The summed E-state index contributed by atoms with van der Waals surface area (Å²) in [6.45, 7) is 4.30. The van der Waals surface area contributed by atoms with Crippen LogP contribution in [0.3, 0.4) is 0 Å². The Kier molecular flexibility index (Phi) is 5.76. The number of likely N-dealkylation sites (N-methyl/N-ethyl adjacent to an activating group) is 1. The van der Waals surface area contributed by atoms with E-state index in [2.05, 4.69) is 24.3 Å². The Morgan fingerprint density at radius 3 is 2.48 bits per heavy atom. The van der Waals surface area contributed by atoms with Gasteiger partial charge in [0.2, 0.25) is 11.7 Å². The zero-order valence-electron chi connectivity index (χ0n) is 13.8. The largest absolute Gasteiger partial charge is 0.370 e. The first-order chi connectivity index (χ1) is 10.2. The average molecular weight is 295 g/mol. The van der Waals surface area contributed by atoms with E-state index in [0.29, 0.717) is 6.04 Å². The molecule has 1 heterocycles. The van der Waals surface area contributed by atoms with Gasteiger partial charge in [0.25, 0.3) is 0 Å². The summed E-state index contributed by atoms with van der Waals surface area (Å²) < 4.78 is 11.4. The van der Waals surface area contributed by atoms with Gasteiger partial charge in [0, 0.05) is 13.2 Å². The molecule has 2 rings (SSSR count). The Bertz CT molecular complexity index is 425. The SMILES string of the molecule is CCC(c1nc(C2(OC)CCCCCC2)no1)C(C)NC. The van der Waals surface area contributed by atoms with Gasteiger partial charge in [-0.25, -0.2) is 0 Å². The summed E-state index contributed by atoms with van der Waals surface area (Å²) in [6.07, 6.45) is 7.82. The highest BCUT2D eigenvalue weighted by molar-refractivity contribution is 5.06. The number of ether oxygens (including phenoxy) is 1. The summed E-state index contributed by atoms with van der Waals surface area (Å²) >= 11 is 0. The first-order valence-electron chi connectivity index (χ1n) is 8.23. The van der Waals surface area contributed by atoms with Gasteiger partial charge in [-0.05, 0) is 33.2 Å². The van der Waals surface area contributed by atoms with Crippen LogP contribution in [0.15, 0.2) is 4.52 Å². The maximum absolute atomic E-state index is 5.86. The van der Waals surface area contributed by atoms with Gasteiger partial charge >= 0.3 is 0 Å². The van der Waals surface area contributed by atoms with E-state index in [1.807, 2.05) is 7.05 Å². The van der Waals surface area contributed by atoms with E-state index in [1.54, 1.807) is 7.11 Å². The Balaban J connectivity index is 2.24. The molecule has 1 fully saturated rings. The second-order valence-electron chi connectivity index (χ2n) is 6.16. The molecule has 1 aliphatic carbocycles. The summed E-state index contributed by atoms with van der Waals surface area (Å²) in [5.74, 6) is 1.72. The van der Waals surface area contributed by atoms with Crippen LogP contribution in [0.5, 0.6) is 0 Å². The molecule has 1 aliphatic rings. The van der Waals surface area contributed by atoms with Crippen LogP contribution < -0.4 is 5.32 Å². The molecule has 0 bridgehead atoms. The third-order valence-corrected chi connectivity index (χ3v) is 4.97. The Hall–Kier alpha value is -0.940. The van der Waals surface area contributed by atoms with Gasteiger partial charge in [0.1, 0.15) is 5.60 Å². The second kappa shape index (κ2) is 7.36. The molecule has 1 aromatic heterocycles. The predicted molar refractivity (Wildman–Crippen MR) is 82.2 cm³/mol. The molecule has 2 unspecified atom stereocenters. The molecule has 0 spiro atoms. The second-order valence-corrected chi connectivity index (χ2v) is 6.16. The molecular formula is C16H29N3O2. The predicted octanol–water partition coefficient (Wildman–Crippen LogP) is 3.37. The van der Waals surface area contributed by atoms with Crippen molar-refractivity contribution in [2.45, 2.75) is 76.4 Å². The monoisotopic (exact) mass is 295 g/mol. The number of rotatable bonds is 6. The van der Waals surface area contributed by atoms with Crippen molar-refractivity contribution in [1.29, 1.82) is 0 Å². The van der Waals surface area contributed by atoms with Crippen LogP contribution in [0.2, 0.25) is 0 Å². The van der Waals surface area contributed by atoms with E-state index >= 15 is 0 Å². The lowest BCUT2D eigenvalue weighted by molar-refractivity contribution is -0.0365. The van der Waals surface area contributed by atoms with E-state index in [0.717, 1.165) is 31.0 Å². The lowest BCUT2D eigenvalue weighted by Crippen LogP contribution is -2.30. The quantitative estimate of drug-likeness (QED) is 0.815.